The number of ether oxygens (including phenoxy) is 1. The van der Waals surface area contributed by atoms with Gasteiger partial charge in [-0.1, -0.05) is 48.6 Å². The lowest BCUT2D eigenvalue weighted by Crippen LogP contribution is -2.11. The van der Waals surface area contributed by atoms with Gasteiger partial charge in [-0.25, -0.2) is 4.79 Å². The fourth-order valence-corrected chi connectivity index (χ4v) is 3.78. The minimum absolute atomic E-state index is 0.221. The Balaban J connectivity index is 1.76. The molecule has 146 valence electrons. The van der Waals surface area contributed by atoms with Crippen molar-refractivity contribution in [1.82, 2.24) is 10.2 Å². The van der Waals surface area contributed by atoms with E-state index in [1.807, 2.05) is 37.3 Å². The molecule has 0 unspecified atom stereocenters. The van der Waals surface area contributed by atoms with Crippen LogP contribution in [0, 0.1) is 0 Å². The summed E-state index contributed by atoms with van der Waals surface area (Å²) >= 11 is 1.31. The number of carboxylic acid groups (broad SMARTS) is 1. The van der Waals surface area contributed by atoms with E-state index in [2.05, 4.69) is 10.2 Å². The van der Waals surface area contributed by atoms with Gasteiger partial charge < -0.3 is 14.3 Å². The van der Waals surface area contributed by atoms with Crippen molar-refractivity contribution in [2.24, 2.45) is 0 Å². The van der Waals surface area contributed by atoms with Crippen LogP contribution in [0.5, 0.6) is 5.75 Å². The Hall–Kier alpha value is -3.52. The number of carbonyl (C=O) groups is 1. The molecule has 0 aliphatic carbocycles. The van der Waals surface area contributed by atoms with Gasteiger partial charge in [0, 0.05) is 11.6 Å². The molecule has 0 bridgehead atoms. The number of rotatable bonds is 6. The quantitative estimate of drug-likeness (QED) is 0.514. The van der Waals surface area contributed by atoms with Crippen LogP contribution in [0.3, 0.4) is 0 Å². The van der Waals surface area contributed by atoms with Crippen molar-refractivity contribution >= 4 is 28.3 Å². The van der Waals surface area contributed by atoms with Crippen molar-refractivity contribution in [2.45, 2.75) is 13.3 Å². The van der Waals surface area contributed by atoms with Crippen LogP contribution in [0.4, 0.5) is 0 Å². The second kappa shape index (κ2) is 7.84. The molecule has 0 saturated carbocycles. The number of carboxylic acids is 1. The van der Waals surface area contributed by atoms with Crippen LogP contribution >= 0.6 is 11.3 Å². The highest BCUT2D eigenvalue weighted by Gasteiger charge is 2.17. The normalized spacial score (nSPS) is 10.9. The predicted octanol–water partition coefficient (Wildman–Crippen LogP) is 4.00. The molecule has 0 fully saturated rings. The lowest BCUT2D eigenvalue weighted by Gasteiger charge is -2.10. The van der Waals surface area contributed by atoms with Crippen LogP contribution in [-0.4, -0.2) is 27.9 Å². The number of benzene rings is 2. The lowest BCUT2D eigenvalue weighted by molar-refractivity contribution is -0.139. The molecule has 7 nitrogen and oxygen atoms in total. The van der Waals surface area contributed by atoms with Gasteiger partial charge in [0.2, 0.25) is 5.43 Å². The second-order valence-electron chi connectivity index (χ2n) is 6.25. The number of nitrogens with zero attached hydrogens (tertiary/aromatic N) is 2. The Kier molecular flexibility index (Phi) is 5.09. The van der Waals surface area contributed by atoms with Crippen molar-refractivity contribution in [2.75, 3.05) is 6.61 Å². The molecule has 4 aromatic rings. The Bertz CT molecular complexity index is 1250. The third-order valence-electron chi connectivity index (χ3n) is 4.36. The first-order valence-electron chi connectivity index (χ1n) is 8.89. The number of fused-ring (bicyclic) bond motifs is 1. The summed E-state index contributed by atoms with van der Waals surface area (Å²) in [5.41, 5.74) is 2.09. The Labute approximate surface area is 169 Å². The summed E-state index contributed by atoms with van der Waals surface area (Å²) in [6, 6.07) is 12.8. The van der Waals surface area contributed by atoms with Crippen molar-refractivity contribution < 1.29 is 19.1 Å². The number of hydrogen-bond acceptors (Lipinski definition) is 7. The van der Waals surface area contributed by atoms with Crippen LogP contribution in [-0.2, 0) is 11.2 Å². The zero-order chi connectivity index (χ0) is 20.4. The summed E-state index contributed by atoms with van der Waals surface area (Å²) in [5, 5.41) is 18.8. The Morgan fingerprint density at radius 3 is 2.66 bits per heavy atom. The van der Waals surface area contributed by atoms with E-state index in [9.17, 15) is 9.59 Å². The largest absolute Gasteiger partial charge is 0.481 e. The molecule has 0 atom stereocenters. The molecule has 1 N–H and O–H groups in total. The zero-order valence-electron chi connectivity index (χ0n) is 15.4. The Morgan fingerprint density at radius 1 is 1.17 bits per heavy atom. The maximum absolute atomic E-state index is 13.1. The topological polar surface area (TPSA) is 103 Å². The minimum atomic E-state index is -1.07. The highest BCUT2D eigenvalue weighted by Crippen LogP contribution is 2.31. The summed E-state index contributed by atoms with van der Waals surface area (Å²) in [7, 11) is 0. The first-order valence-corrected chi connectivity index (χ1v) is 9.70. The minimum Gasteiger partial charge on any atom is -0.481 e. The lowest BCUT2D eigenvalue weighted by atomic mass is 10.1. The summed E-state index contributed by atoms with van der Waals surface area (Å²) < 4.78 is 11.0. The summed E-state index contributed by atoms with van der Waals surface area (Å²) in [4.78, 5) is 23.9. The molecule has 8 heteroatoms. The van der Waals surface area contributed by atoms with Gasteiger partial charge in [-0.3, -0.25) is 4.79 Å². The molecular weight excluding hydrogens is 392 g/mol. The summed E-state index contributed by atoms with van der Waals surface area (Å²) in [5.74, 6) is -0.685. The highest BCUT2D eigenvalue weighted by atomic mass is 32.1. The maximum Gasteiger partial charge on any atom is 0.341 e. The molecule has 0 spiro atoms. The van der Waals surface area contributed by atoms with E-state index in [1.165, 1.54) is 17.6 Å². The molecule has 0 amide bonds. The van der Waals surface area contributed by atoms with Crippen LogP contribution in [0.25, 0.3) is 32.1 Å². The predicted molar refractivity (Wildman–Crippen MR) is 109 cm³/mol. The average Bonchev–Trinajstić information content (AvgIpc) is 3.22. The van der Waals surface area contributed by atoms with E-state index in [0.29, 0.717) is 38.7 Å². The molecule has 0 aliphatic heterocycles. The number of aliphatic carboxylic acids is 1. The van der Waals surface area contributed by atoms with Gasteiger partial charge in [-0.2, -0.15) is 0 Å². The highest BCUT2D eigenvalue weighted by molar-refractivity contribution is 7.17. The van der Waals surface area contributed by atoms with Gasteiger partial charge in [0.05, 0.1) is 10.9 Å². The molecule has 0 radical (unpaired) electrons. The summed E-state index contributed by atoms with van der Waals surface area (Å²) in [6.45, 7) is 1.44. The number of aromatic nitrogens is 2. The third kappa shape index (κ3) is 3.74. The van der Waals surface area contributed by atoms with Gasteiger partial charge in [-0.05, 0) is 18.1 Å². The molecule has 2 aromatic carbocycles. The van der Waals surface area contributed by atoms with Crippen LogP contribution in [0.15, 0.2) is 57.9 Å². The van der Waals surface area contributed by atoms with Crippen molar-refractivity contribution in [3.63, 3.8) is 0 Å². The van der Waals surface area contributed by atoms with Crippen LogP contribution < -0.4 is 10.2 Å². The monoisotopic (exact) mass is 408 g/mol. The van der Waals surface area contributed by atoms with E-state index in [4.69, 9.17) is 14.3 Å². The first kappa shape index (κ1) is 18.8. The van der Waals surface area contributed by atoms with E-state index >= 15 is 0 Å². The van der Waals surface area contributed by atoms with Crippen molar-refractivity contribution in [3.8, 4) is 26.9 Å². The maximum atomic E-state index is 13.1. The smallest absolute Gasteiger partial charge is 0.341 e. The van der Waals surface area contributed by atoms with Crippen molar-refractivity contribution in [3.05, 3.63) is 64.5 Å². The third-order valence-corrected chi connectivity index (χ3v) is 5.37. The molecule has 29 heavy (non-hydrogen) atoms. The van der Waals surface area contributed by atoms with E-state index in [1.54, 1.807) is 12.1 Å². The molecule has 0 saturated heterocycles. The Morgan fingerprint density at radius 2 is 1.93 bits per heavy atom. The molecular formula is C21H16N2O5S. The zero-order valence-corrected chi connectivity index (χ0v) is 16.2. The van der Waals surface area contributed by atoms with Crippen molar-refractivity contribution in [1.29, 1.82) is 0 Å². The number of hydrogen-bond donors (Lipinski definition) is 1. The summed E-state index contributed by atoms with van der Waals surface area (Å²) in [6.07, 6.45) is 1.93. The molecule has 4 rings (SSSR count). The molecule has 2 heterocycles. The van der Waals surface area contributed by atoms with Crippen LogP contribution in [0.2, 0.25) is 0 Å². The van der Waals surface area contributed by atoms with Gasteiger partial charge in [-0.15, -0.1) is 10.2 Å². The fourth-order valence-electron chi connectivity index (χ4n) is 2.93. The second-order valence-corrected chi connectivity index (χ2v) is 7.23. The van der Waals surface area contributed by atoms with Gasteiger partial charge in [0.15, 0.2) is 11.6 Å². The van der Waals surface area contributed by atoms with Gasteiger partial charge in [0.25, 0.3) is 0 Å². The SMILES string of the molecule is CCc1cc2c(=O)c(-c3nnc(-c4ccccc4)s3)coc2cc1OCC(=O)O. The van der Waals surface area contributed by atoms with E-state index < -0.39 is 12.6 Å². The van der Waals surface area contributed by atoms with Gasteiger partial charge in [0.1, 0.15) is 22.6 Å². The van der Waals surface area contributed by atoms with Crippen LogP contribution in [0.1, 0.15) is 12.5 Å². The standard InChI is InChI=1S/C21H16N2O5S/c1-2-12-8-14-17(9-16(12)28-11-18(24)25)27-10-15(19(14)26)21-23-22-20(29-21)13-6-4-3-5-7-13/h3-10H,2,11H2,1H3,(H,24,25). The first-order chi connectivity index (χ1) is 14.1. The molecule has 2 aromatic heterocycles. The number of aryl methyl sites for hydroxylation is 1. The molecule has 0 aliphatic rings. The van der Waals surface area contributed by atoms with Gasteiger partial charge >= 0.3 is 5.97 Å². The fraction of sp³-hybridized carbons (Fsp3) is 0.143. The van der Waals surface area contributed by atoms with E-state index in [-0.39, 0.29) is 5.43 Å². The average molecular weight is 408 g/mol. The van der Waals surface area contributed by atoms with E-state index in [0.717, 1.165) is 11.1 Å².